The number of nitrogens with zero attached hydrogens (tertiary/aromatic N) is 3. The highest BCUT2D eigenvalue weighted by Crippen LogP contribution is 2.28. The lowest BCUT2D eigenvalue weighted by molar-refractivity contribution is -0.133. The number of carbonyl (C=O) groups is 3. The maximum atomic E-state index is 13.4. The number of amides is 2. The van der Waals surface area contributed by atoms with Crippen LogP contribution in [0, 0.1) is 0 Å². The Morgan fingerprint density at radius 2 is 1.69 bits per heavy atom. The van der Waals surface area contributed by atoms with Gasteiger partial charge in [0.15, 0.2) is 5.69 Å². The number of carboxylic acid groups (broad SMARTS) is 1. The zero-order valence-corrected chi connectivity index (χ0v) is 17.7. The van der Waals surface area contributed by atoms with Crippen molar-refractivity contribution in [3.63, 3.8) is 0 Å². The molecule has 2 aromatic carbocycles. The molecule has 164 valence electrons. The van der Waals surface area contributed by atoms with E-state index in [0.29, 0.717) is 19.5 Å². The van der Waals surface area contributed by atoms with Gasteiger partial charge in [-0.25, -0.2) is 4.79 Å². The van der Waals surface area contributed by atoms with Crippen molar-refractivity contribution >= 4 is 17.8 Å². The van der Waals surface area contributed by atoms with Gasteiger partial charge in [0.1, 0.15) is 11.2 Å². The van der Waals surface area contributed by atoms with Crippen LogP contribution in [0.3, 0.4) is 0 Å². The highest BCUT2D eigenvalue weighted by Gasteiger charge is 2.47. The topological polar surface area (TPSA) is 105 Å². The van der Waals surface area contributed by atoms with Gasteiger partial charge in [-0.2, -0.15) is 5.10 Å². The van der Waals surface area contributed by atoms with Crippen molar-refractivity contribution in [3.05, 3.63) is 89.2 Å². The maximum absolute atomic E-state index is 13.4. The number of hydrogen-bond acceptors (Lipinski definition) is 4. The van der Waals surface area contributed by atoms with E-state index in [0.717, 1.165) is 11.1 Å². The Bertz CT molecular complexity index is 1140. The van der Waals surface area contributed by atoms with E-state index in [1.165, 1.54) is 15.6 Å². The Morgan fingerprint density at radius 3 is 2.31 bits per heavy atom. The Kier molecular flexibility index (Phi) is 5.77. The number of nitrogens with one attached hydrogen (secondary N) is 1. The maximum Gasteiger partial charge on any atom is 0.356 e. The first kappa shape index (κ1) is 21.3. The average molecular weight is 432 g/mol. The molecule has 0 radical (unpaired) electrons. The summed E-state index contributed by atoms with van der Waals surface area (Å²) in [7, 11) is 0. The molecule has 8 heteroatoms. The summed E-state index contributed by atoms with van der Waals surface area (Å²) in [6, 6.07) is 20.5. The van der Waals surface area contributed by atoms with Crippen molar-refractivity contribution in [2.45, 2.75) is 32.0 Å². The van der Waals surface area contributed by atoms with Gasteiger partial charge < -0.3 is 15.3 Å². The largest absolute Gasteiger partial charge is 0.476 e. The molecule has 0 spiro atoms. The minimum atomic E-state index is -1.23. The lowest BCUT2D eigenvalue weighted by Crippen LogP contribution is -2.64. The molecule has 0 saturated carbocycles. The fourth-order valence-electron chi connectivity index (χ4n) is 3.95. The number of carboxylic acids is 1. The third-order valence-corrected chi connectivity index (χ3v) is 5.77. The predicted octanol–water partition coefficient (Wildman–Crippen LogP) is 2.35. The van der Waals surface area contributed by atoms with Gasteiger partial charge in [-0.1, -0.05) is 60.7 Å². The highest BCUT2D eigenvalue weighted by atomic mass is 16.4. The van der Waals surface area contributed by atoms with Gasteiger partial charge in [0.2, 0.25) is 5.91 Å². The summed E-state index contributed by atoms with van der Waals surface area (Å²) in [5, 5.41) is 16.3. The SMILES string of the molecule is CC1(C(=O)NCc2ccccc2)Cn2nc(C(=O)O)cc2C(=O)N1CCc1ccccc1. The number of aromatic nitrogens is 2. The van der Waals surface area contributed by atoms with E-state index in [1.807, 2.05) is 60.7 Å². The van der Waals surface area contributed by atoms with Crippen LogP contribution >= 0.6 is 0 Å². The van der Waals surface area contributed by atoms with Crippen LogP contribution in [-0.2, 0) is 24.3 Å². The molecular formula is C24H24N4O4. The van der Waals surface area contributed by atoms with Crippen LogP contribution in [0.25, 0.3) is 0 Å². The summed E-state index contributed by atoms with van der Waals surface area (Å²) < 4.78 is 1.33. The van der Waals surface area contributed by atoms with Gasteiger partial charge in [-0.3, -0.25) is 14.3 Å². The number of aromatic carboxylic acids is 1. The van der Waals surface area contributed by atoms with Crippen LogP contribution in [0.4, 0.5) is 0 Å². The monoisotopic (exact) mass is 432 g/mol. The third kappa shape index (κ3) is 4.12. The van der Waals surface area contributed by atoms with Crippen LogP contribution in [0.15, 0.2) is 66.7 Å². The molecule has 0 aliphatic carbocycles. The normalized spacial score (nSPS) is 17.7. The van der Waals surface area contributed by atoms with E-state index in [4.69, 9.17) is 0 Å². The van der Waals surface area contributed by atoms with E-state index in [2.05, 4.69) is 10.4 Å². The van der Waals surface area contributed by atoms with E-state index >= 15 is 0 Å². The Morgan fingerprint density at radius 1 is 1.06 bits per heavy atom. The standard InChI is InChI=1S/C24H24N4O4/c1-24(23(32)25-15-18-10-6-3-7-11-18)16-28-20(14-19(26-28)22(30)31)21(29)27(24)13-12-17-8-4-2-5-9-17/h2-11,14H,12-13,15-16H2,1H3,(H,25,32)(H,30,31). The van der Waals surface area contributed by atoms with Gasteiger partial charge in [0, 0.05) is 19.2 Å². The first-order valence-corrected chi connectivity index (χ1v) is 10.4. The molecule has 1 aromatic heterocycles. The second-order valence-electron chi connectivity index (χ2n) is 8.01. The van der Waals surface area contributed by atoms with E-state index in [9.17, 15) is 19.5 Å². The van der Waals surface area contributed by atoms with Crippen molar-refractivity contribution in [1.29, 1.82) is 0 Å². The summed E-state index contributed by atoms with van der Waals surface area (Å²) in [4.78, 5) is 39.6. The molecule has 4 rings (SSSR count). The molecule has 0 bridgehead atoms. The number of benzene rings is 2. The van der Waals surface area contributed by atoms with Crippen LogP contribution in [0.1, 0.15) is 39.0 Å². The van der Waals surface area contributed by atoms with Gasteiger partial charge in [0.05, 0.1) is 6.54 Å². The molecule has 1 aliphatic rings. The number of carbonyl (C=O) groups excluding carboxylic acids is 2. The molecular weight excluding hydrogens is 408 g/mol. The first-order valence-electron chi connectivity index (χ1n) is 10.4. The summed E-state index contributed by atoms with van der Waals surface area (Å²) in [5.74, 6) is -1.95. The van der Waals surface area contributed by atoms with Crippen molar-refractivity contribution in [2.75, 3.05) is 6.54 Å². The minimum absolute atomic E-state index is 0.0662. The van der Waals surface area contributed by atoms with Crippen LogP contribution in [-0.4, -0.2) is 49.7 Å². The predicted molar refractivity (Wildman–Crippen MR) is 117 cm³/mol. The molecule has 1 aliphatic heterocycles. The first-order chi connectivity index (χ1) is 15.4. The van der Waals surface area contributed by atoms with Gasteiger partial charge in [0.25, 0.3) is 5.91 Å². The molecule has 2 N–H and O–H groups in total. The third-order valence-electron chi connectivity index (χ3n) is 5.77. The zero-order chi connectivity index (χ0) is 22.7. The molecule has 1 unspecified atom stereocenters. The Hall–Kier alpha value is -3.94. The van der Waals surface area contributed by atoms with Crippen LogP contribution < -0.4 is 5.32 Å². The summed E-state index contributed by atoms with van der Waals surface area (Å²) in [6.45, 7) is 2.39. The number of rotatable bonds is 7. The molecule has 32 heavy (non-hydrogen) atoms. The average Bonchev–Trinajstić information content (AvgIpc) is 3.23. The smallest absolute Gasteiger partial charge is 0.356 e. The Balaban J connectivity index is 1.62. The molecule has 2 amide bonds. The van der Waals surface area contributed by atoms with Gasteiger partial charge >= 0.3 is 5.97 Å². The lowest BCUT2D eigenvalue weighted by Gasteiger charge is -2.43. The van der Waals surface area contributed by atoms with E-state index < -0.39 is 17.4 Å². The molecule has 3 aromatic rings. The molecule has 0 saturated heterocycles. The van der Waals surface area contributed by atoms with E-state index in [-0.39, 0.29) is 23.8 Å². The van der Waals surface area contributed by atoms with Crippen molar-refractivity contribution in [2.24, 2.45) is 0 Å². The summed E-state index contributed by atoms with van der Waals surface area (Å²) >= 11 is 0. The quantitative estimate of drug-likeness (QED) is 0.596. The molecule has 2 heterocycles. The molecule has 0 fully saturated rings. The minimum Gasteiger partial charge on any atom is -0.476 e. The summed E-state index contributed by atoms with van der Waals surface area (Å²) in [5.41, 5.74) is 0.706. The fourth-order valence-corrected chi connectivity index (χ4v) is 3.95. The molecule has 8 nitrogen and oxygen atoms in total. The van der Waals surface area contributed by atoms with E-state index in [1.54, 1.807) is 6.92 Å². The lowest BCUT2D eigenvalue weighted by atomic mass is 9.94. The number of hydrogen-bond donors (Lipinski definition) is 2. The molecule has 1 atom stereocenters. The van der Waals surface area contributed by atoms with Gasteiger partial charge in [-0.15, -0.1) is 0 Å². The zero-order valence-electron chi connectivity index (χ0n) is 17.7. The van der Waals surface area contributed by atoms with Crippen molar-refractivity contribution in [3.8, 4) is 0 Å². The second-order valence-corrected chi connectivity index (χ2v) is 8.01. The van der Waals surface area contributed by atoms with Crippen molar-refractivity contribution < 1.29 is 19.5 Å². The second kappa shape index (κ2) is 8.66. The summed E-state index contributed by atoms with van der Waals surface area (Å²) in [6.07, 6.45) is 0.564. The number of fused-ring (bicyclic) bond motifs is 1. The Labute approximate surface area is 185 Å². The fraction of sp³-hybridized carbons (Fsp3) is 0.250. The highest BCUT2D eigenvalue weighted by molar-refractivity contribution is 6.01. The van der Waals surface area contributed by atoms with Gasteiger partial charge in [-0.05, 0) is 24.5 Å². The van der Waals surface area contributed by atoms with Crippen LogP contribution in [0.2, 0.25) is 0 Å². The van der Waals surface area contributed by atoms with Crippen molar-refractivity contribution in [1.82, 2.24) is 20.0 Å². The van der Waals surface area contributed by atoms with Crippen LogP contribution in [0.5, 0.6) is 0 Å².